The van der Waals surface area contributed by atoms with Crippen molar-refractivity contribution < 1.29 is 9.53 Å². The Morgan fingerprint density at radius 1 is 1.43 bits per heavy atom. The molecule has 0 saturated carbocycles. The molecular formula is C16H21N5O2. The molecule has 3 rings (SSSR count). The van der Waals surface area contributed by atoms with Crippen LogP contribution in [0.5, 0.6) is 0 Å². The van der Waals surface area contributed by atoms with Crippen molar-refractivity contribution in [3.8, 4) is 0 Å². The third-order valence-electron chi connectivity index (χ3n) is 3.94. The summed E-state index contributed by atoms with van der Waals surface area (Å²) in [5, 5.41) is 10.3. The fourth-order valence-corrected chi connectivity index (χ4v) is 2.69. The highest BCUT2D eigenvalue weighted by molar-refractivity contribution is 6.05. The fraction of sp³-hybridized carbons (Fsp3) is 0.438. The number of carbonyl (C=O) groups excluding carboxylic acids is 1. The molecule has 2 aromatic heterocycles. The molecule has 0 radical (unpaired) electrons. The minimum Gasteiger partial charge on any atom is -0.378 e. The lowest BCUT2D eigenvalue weighted by Crippen LogP contribution is -2.30. The van der Waals surface area contributed by atoms with Gasteiger partial charge in [0.1, 0.15) is 0 Å². The smallest absolute Gasteiger partial charge is 0.258 e. The molecule has 1 aliphatic rings. The molecule has 23 heavy (non-hydrogen) atoms. The van der Waals surface area contributed by atoms with Crippen LogP contribution >= 0.6 is 0 Å². The molecule has 0 aliphatic carbocycles. The summed E-state index contributed by atoms with van der Waals surface area (Å²) in [7, 11) is 1.77. The average molecular weight is 315 g/mol. The Labute approximate surface area is 135 Å². The molecule has 122 valence electrons. The molecule has 1 saturated heterocycles. The summed E-state index contributed by atoms with van der Waals surface area (Å²) in [6.07, 6.45) is 8.89. The SMILES string of the molecule is CC(Nc1ccncc1NC(=O)c1cnn(C)c1)C1CCCO1. The Bertz CT molecular complexity index is 679. The number of rotatable bonds is 5. The topological polar surface area (TPSA) is 81.1 Å². The first-order valence-corrected chi connectivity index (χ1v) is 7.75. The molecule has 1 aliphatic heterocycles. The average Bonchev–Trinajstić information content (AvgIpc) is 3.20. The predicted molar refractivity (Wildman–Crippen MR) is 87.5 cm³/mol. The summed E-state index contributed by atoms with van der Waals surface area (Å²) >= 11 is 0. The highest BCUT2D eigenvalue weighted by atomic mass is 16.5. The van der Waals surface area contributed by atoms with E-state index in [9.17, 15) is 4.79 Å². The number of ether oxygens (including phenoxy) is 1. The summed E-state index contributed by atoms with van der Waals surface area (Å²) in [5.74, 6) is -0.209. The number of nitrogens with zero attached hydrogens (tertiary/aromatic N) is 3. The van der Waals surface area contributed by atoms with Gasteiger partial charge in [-0.2, -0.15) is 5.10 Å². The van der Waals surface area contributed by atoms with E-state index < -0.39 is 0 Å². The molecule has 7 heteroatoms. The van der Waals surface area contributed by atoms with E-state index in [0.29, 0.717) is 11.3 Å². The van der Waals surface area contributed by atoms with E-state index in [-0.39, 0.29) is 18.1 Å². The molecular weight excluding hydrogens is 294 g/mol. The van der Waals surface area contributed by atoms with Gasteiger partial charge in [-0.25, -0.2) is 0 Å². The van der Waals surface area contributed by atoms with Gasteiger partial charge in [0.15, 0.2) is 0 Å². The fourth-order valence-electron chi connectivity index (χ4n) is 2.69. The molecule has 0 aromatic carbocycles. The van der Waals surface area contributed by atoms with E-state index in [2.05, 4.69) is 27.6 Å². The van der Waals surface area contributed by atoms with Gasteiger partial charge in [0.2, 0.25) is 0 Å². The Kier molecular flexibility index (Phi) is 4.57. The molecule has 2 aromatic rings. The minimum atomic E-state index is -0.209. The summed E-state index contributed by atoms with van der Waals surface area (Å²) in [5.41, 5.74) is 1.99. The van der Waals surface area contributed by atoms with E-state index in [4.69, 9.17) is 4.74 Å². The molecule has 0 bridgehead atoms. The Hall–Kier alpha value is -2.41. The van der Waals surface area contributed by atoms with Crippen LogP contribution in [0.1, 0.15) is 30.1 Å². The molecule has 2 atom stereocenters. The van der Waals surface area contributed by atoms with Gasteiger partial charge in [-0.05, 0) is 25.8 Å². The van der Waals surface area contributed by atoms with Crippen LogP contribution in [0.2, 0.25) is 0 Å². The monoisotopic (exact) mass is 315 g/mol. The van der Waals surface area contributed by atoms with Crippen molar-refractivity contribution in [2.75, 3.05) is 17.2 Å². The first-order valence-electron chi connectivity index (χ1n) is 7.75. The molecule has 1 amide bonds. The number of hydrogen-bond donors (Lipinski definition) is 2. The second-order valence-electron chi connectivity index (χ2n) is 5.76. The number of aryl methyl sites for hydroxylation is 1. The second-order valence-corrected chi connectivity index (χ2v) is 5.76. The first-order chi connectivity index (χ1) is 11.1. The summed E-state index contributed by atoms with van der Waals surface area (Å²) in [6, 6.07) is 2.01. The number of nitrogens with one attached hydrogen (secondary N) is 2. The third-order valence-corrected chi connectivity index (χ3v) is 3.94. The molecule has 2 N–H and O–H groups in total. The van der Waals surface area contributed by atoms with Crippen LogP contribution in [-0.2, 0) is 11.8 Å². The van der Waals surface area contributed by atoms with Gasteiger partial charge in [0, 0.05) is 32.1 Å². The number of amides is 1. The largest absolute Gasteiger partial charge is 0.378 e. The van der Waals surface area contributed by atoms with Gasteiger partial charge in [0.05, 0.1) is 35.4 Å². The van der Waals surface area contributed by atoms with E-state index in [1.807, 2.05) is 6.07 Å². The van der Waals surface area contributed by atoms with Crippen LogP contribution in [0.15, 0.2) is 30.9 Å². The standard InChI is InChI=1S/C16H21N5O2/c1-11(15-4-3-7-23-15)19-13-5-6-17-9-14(13)20-16(22)12-8-18-21(2)10-12/h5-6,8-11,15H,3-4,7H2,1-2H3,(H,17,19)(H,20,22). The van der Waals surface area contributed by atoms with Gasteiger partial charge in [-0.3, -0.25) is 14.5 Å². The van der Waals surface area contributed by atoms with Gasteiger partial charge in [-0.15, -0.1) is 0 Å². The molecule has 2 unspecified atom stereocenters. The molecule has 0 spiro atoms. The normalized spacial score (nSPS) is 18.6. The number of carbonyl (C=O) groups is 1. The van der Waals surface area contributed by atoms with Crippen LogP contribution in [-0.4, -0.2) is 39.4 Å². The lowest BCUT2D eigenvalue weighted by molar-refractivity contribution is 0.0997. The zero-order valence-corrected chi connectivity index (χ0v) is 13.3. The Balaban J connectivity index is 1.71. The van der Waals surface area contributed by atoms with Crippen LogP contribution in [0.4, 0.5) is 11.4 Å². The van der Waals surface area contributed by atoms with Gasteiger partial charge >= 0.3 is 0 Å². The van der Waals surface area contributed by atoms with Crippen LogP contribution in [0.25, 0.3) is 0 Å². The molecule has 1 fully saturated rings. The third kappa shape index (κ3) is 3.68. The summed E-state index contributed by atoms with van der Waals surface area (Å²) < 4.78 is 7.30. The zero-order valence-electron chi connectivity index (χ0n) is 13.3. The van der Waals surface area contributed by atoms with Crippen molar-refractivity contribution in [3.63, 3.8) is 0 Å². The zero-order chi connectivity index (χ0) is 16.2. The minimum absolute atomic E-state index is 0.161. The number of pyridine rings is 1. The lowest BCUT2D eigenvalue weighted by atomic mass is 10.1. The first kappa shape index (κ1) is 15.5. The van der Waals surface area contributed by atoms with Crippen molar-refractivity contribution in [1.82, 2.24) is 14.8 Å². The van der Waals surface area contributed by atoms with Gasteiger partial charge < -0.3 is 15.4 Å². The molecule has 3 heterocycles. The highest BCUT2D eigenvalue weighted by Gasteiger charge is 2.23. The van der Waals surface area contributed by atoms with Crippen molar-refractivity contribution >= 4 is 17.3 Å². The van der Waals surface area contributed by atoms with E-state index in [0.717, 1.165) is 25.1 Å². The Morgan fingerprint density at radius 3 is 3.00 bits per heavy atom. The Morgan fingerprint density at radius 2 is 2.30 bits per heavy atom. The van der Waals surface area contributed by atoms with Gasteiger partial charge in [0.25, 0.3) is 5.91 Å². The summed E-state index contributed by atoms with van der Waals surface area (Å²) in [6.45, 7) is 2.90. The van der Waals surface area contributed by atoms with Gasteiger partial charge in [-0.1, -0.05) is 0 Å². The van der Waals surface area contributed by atoms with Crippen molar-refractivity contribution in [2.45, 2.75) is 31.9 Å². The number of hydrogen-bond acceptors (Lipinski definition) is 5. The molecule has 7 nitrogen and oxygen atoms in total. The van der Waals surface area contributed by atoms with E-state index >= 15 is 0 Å². The van der Waals surface area contributed by atoms with E-state index in [1.165, 1.54) is 6.20 Å². The van der Waals surface area contributed by atoms with Crippen molar-refractivity contribution in [3.05, 3.63) is 36.4 Å². The maximum atomic E-state index is 12.3. The van der Waals surface area contributed by atoms with Crippen LogP contribution in [0.3, 0.4) is 0 Å². The van der Waals surface area contributed by atoms with Crippen molar-refractivity contribution in [1.29, 1.82) is 0 Å². The lowest BCUT2D eigenvalue weighted by Gasteiger charge is -2.22. The highest BCUT2D eigenvalue weighted by Crippen LogP contribution is 2.24. The number of anilines is 2. The van der Waals surface area contributed by atoms with Crippen molar-refractivity contribution in [2.24, 2.45) is 7.05 Å². The predicted octanol–water partition coefficient (Wildman–Crippen LogP) is 2.05. The van der Waals surface area contributed by atoms with Crippen LogP contribution < -0.4 is 10.6 Å². The maximum absolute atomic E-state index is 12.3. The summed E-state index contributed by atoms with van der Waals surface area (Å²) in [4.78, 5) is 16.4. The number of aromatic nitrogens is 3. The van der Waals surface area contributed by atoms with Crippen LogP contribution in [0, 0.1) is 0 Å². The second kappa shape index (κ2) is 6.78. The van der Waals surface area contributed by atoms with E-state index in [1.54, 1.807) is 30.3 Å². The maximum Gasteiger partial charge on any atom is 0.258 e. The quantitative estimate of drug-likeness (QED) is 0.882.